The second-order valence-corrected chi connectivity index (χ2v) is 8.27. The molecule has 7 nitrogen and oxygen atoms in total. The molecule has 2 aromatic carbocycles. The molecule has 3 heterocycles. The number of anilines is 2. The molecule has 0 spiro atoms. The molecule has 1 aliphatic heterocycles. The van der Waals surface area contributed by atoms with Gasteiger partial charge in [-0.1, -0.05) is 29.8 Å². The van der Waals surface area contributed by atoms with Gasteiger partial charge in [-0.2, -0.15) is 5.10 Å². The monoisotopic (exact) mass is 451 g/mol. The molecule has 32 heavy (non-hydrogen) atoms. The van der Waals surface area contributed by atoms with Gasteiger partial charge in [-0.3, -0.25) is 0 Å². The number of nitrogen functional groups attached to an aromatic ring is 1. The highest BCUT2D eigenvalue weighted by molar-refractivity contribution is 6.31. The molecule has 0 amide bonds. The Morgan fingerprint density at radius 1 is 1.12 bits per heavy atom. The number of nitrogens with two attached hydrogens (primary N) is 1. The lowest BCUT2D eigenvalue weighted by molar-refractivity contribution is 0.350. The zero-order chi connectivity index (χ0) is 22.1. The van der Waals surface area contributed by atoms with E-state index in [1.165, 1.54) is 12.4 Å². The van der Waals surface area contributed by atoms with Gasteiger partial charge >= 0.3 is 0 Å². The third kappa shape index (κ3) is 3.87. The van der Waals surface area contributed by atoms with E-state index in [-0.39, 0.29) is 11.9 Å². The summed E-state index contributed by atoms with van der Waals surface area (Å²) in [5.41, 5.74) is 9.96. The van der Waals surface area contributed by atoms with Gasteiger partial charge in [-0.15, -0.1) is 0 Å². The molecule has 4 N–H and O–H groups in total. The highest BCUT2D eigenvalue weighted by Crippen LogP contribution is 2.34. The summed E-state index contributed by atoms with van der Waals surface area (Å²) in [4.78, 5) is 8.68. The van der Waals surface area contributed by atoms with E-state index in [2.05, 4.69) is 20.6 Å². The second-order valence-electron chi connectivity index (χ2n) is 7.86. The second kappa shape index (κ2) is 8.72. The summed E-state index contributed by atoms with van der Waals surface area (Å²) in [5.74, 6) is 0.0913. The van der Waals surface area contributed by atoms with E-state index >= 15 is 0 Å². The third-order valence-electron chi connectivity index (χ3n) is 5.86. The predicted octanol–water partition coefficient (Wildman–Crippen LogP) is 4.40. The fourth-order valence-corrected chi connectivity index (χ4v) is 4.37. The molecule has 164 valence electrons. The van der Waals surface area contributed by atoms with E-state index in [1.807, 2.05) is 28.9 Å². The molecule has 0 unspecified atom stereocenters. The van der Waals surface area contributed by atoms with Crippen LogP contribution in [-0.2, 0) is 6.54 Å². The Labute approximate surface area is 189 Å². The van der Waals surface area contributed by atoms with Crippen LogP contribution in [0.2, 0.25) is 5.02 Å². The van der Waals surface area contributed by atoms with E-state index in [1.54, 1.807) is 12.1 Å². The molecule has 4 aromatic rings. The number of rotatable bonds is 5. The Balaban J connectivity index is 1.44. The summed E-state index contributed by atoms with van der Waals surface area (Å²) in [5, 5.41) is 12.7. The lowest BCUT2D eigenvalue weighted by Crippen LogP contribution is -2.30. The quantitative estimate of drug-likeness (QED) is 0.416. The van der Waals surface area contributed by atoms with Crippen molar-refractivity contribution in [2.45, 2.75) is 25.4 Å². The molecular formula is C23H23ClFN7. The summed E-state index contributed by atoms with van der Waals surface area (Å²) in [6.45, 7) is 2.20. The summed E-state index contributed by atoms with van der Waals surface area (Å²) in [6.07, 6.45) is 3.46. The molecule has 0 aliphatic carbocycles. The molecule has 1 fully saturated rings. The molecule has 1 aliphatic rings. The van der Waals surface area contributed by atoms with Gasteiger partial charge in [0.15, 0.2) is 5.65 Å². The average molecular weight is 452 g/mol. The Kier molecular flexibility index (Phi) is 5.63. The highest BCUT2D eigenvalue weighted by Gasteiger charge is 2.23. The van der Waals surface area contributed by atoms with Gasteiger partial charge in [0.05, 0.1) is 11.4 Å². The Bertz CT molecular complexity index is 1230. The van der Waals surface area contributed by atoms with Crippen LogP contribution in [0.1, 0.15) is 24.4 Å². The van der Waals surface area contributed by atoms with Crippen molar-refractivity contribution in [3.63, 3.8) is 0 Å². The van der Waals surface area contributed by atoms with Crippen LogP contribution in [0.3, 0.4) is 0 Å². The summed E-state index contributed by atoms with van der Waals surface area (Å²) >= 11 is 6.12. The van der Waals surface area contributed by atoms with Gasteiger partial charge in [0.1, 0.15) is 23.7 Å². The number of piperidine rings is 1. The van der Waals surface area contributed by atoms with Crippen LogP contribution in [0, 0.1) is 5.82 Å². The number of benzene rings is 2. The number of hydrogen-bond donors (Lipinski definition) is 3. The number of nitrogens with one attached hydrogen (secondary N) is 2. The van der Waals surface area contributed by atoms with Gasteiger partial charge < -0.3 is 16.4 Å². The Hall–Kier alpha value is -3.23. The maximum absolute atomic E-state index is 14.0. The predicted molar refractivity (Wildman–Crippen MR) is 125 cm³/mol. The van der Waals surface area contributed by atoms with E-state index in [0.717, 1.165) is 53.9 Å². The lowest BCUT2D eigenvalue weighted by Gasteiger charge is -2.23. The number of fused-ring (bicyclic) bond motifs is 1. The minimum Gasteiger partial charge on any atom is -0.383 e. The van der Waals surface area contributed by atoms with E-state index in [0.29, 0.717) is 22.9 Å². The number of halogens is 2. The maximum atomic E-state index is 14.0. The Morgan fingerprint density at radius 2 is 1.91 bits per heavy atom. The Morgan fingerprint density at radius 3 is 2.66 bits per heavy atom. The number of aromatic nitrogens is 4. The zero-order valence-electron chi connectivity index (χ0n) is 17.4. The fraction of sp³-hybridized carbons (Fsp3) is 0.261. The van der Waals surface area contributed by atoms with Crippen LogP contribution >= 0.6 is 11.6 Å². The molecular weight excluding hydrogens is 429 g/mol. The van der Waals surface area contributed by atoms with Gasteiger partial charge in [0.25, 0.3) is 0 Å². The first kappa shape index (κ1) is 20.7. The van der Waals surface area contributed by atoms with Crippen molar-refractivity contribution in [1.29, 1.82) is 0 Å². The van der Waals surface area contributed by atoms with Crippen molar-refractivity contribution in [2.24, 2.45) is 0 Å². The van der Waals surface area contributed by atoms with E-state index < -0.39 is 0 Å². The summed E-state index contributed by atoms with van der Waals surface area (Å²) in [7, 11) is 0. The van der Waals surface area contributed by atoms with Crippen molar-refractivity contribution in [3.05, 3.63) is 65.2 Å². The topological polar surface area (TPSA) is 93.7 Å². The average Bonchev–Trinajstić information content (AvgIpc) is 3.21. The zero-order valence-corrected chi connectivity index (χ0v) is 18.1. The first-order valence-electron chi connectivity index (χ1n) is 10.6. The number of nitrogens with zero attached hydrogens (tertiary/aromatic N) is 4. The molecule has 0 saturated carbocycles. The SMILES string of the molecule is Nc1ncnc2c1c(-c1ccc(NCc3c(F)cccc3Cl)cc1)nn2C1CCNCC1. The maximum Gasteiger partial charge on any atom is 0.164 e. The smallest absolute Gasteiger partial charge is 0.164 e. The summed E-state index contributed by atoms with van der Waals surface area (Å²) in [6, 6.07) is 12.7. The first-order valence-corrected chi connectivity index (χ1v) is 11.0. The number of hydrogen-bond acceptors (Lipinski definition) is 6. The van der Waals surface area contributed by atoms with Crippen LogP contribution in [-0.4, -0.2) is 32.8 Å². The normalized spacial score (nSPS) is 14.7. The first-order chi connectivity index (χ1) is 15.6. The lowest BCUT2D eigenvalue weighted by atomic mass is 10.1. The van der Waals surface area contributed by atoms with Crippen molar-refractivity contribution in [1.82, 2.24) is 25.1 Å². The van der Waals surface area contributed by atoms with E-state index in [4.69, 9.17) is 22.4 Å². The van der Waals surface area contributed by atoms with Crippen molar-refractivity contribution < 1.29 is 4.39 Å². The molecule has 0 radical (unpaired) electrons. The van der Waals surface area contributed by atoms with Crippen molar-refractivity contribution in [3.8, 4) is 11.3 Å². The van der Waals surface area contributed by atoms with Crippen molar-refractivity contribution >= 4 is 34.1 Å². The van der Waals surface area contributed by atoms with E-state index in [9.17, 15) is 4.39 Å². The molecule has 0 atom stereocenters. The third-order valence-corrected chi connectivity index (χ3v) is 6.22. The van der Waals surface area contributed by atoms with Crippen molar-refractivity contribution in [2.75, 3.05) is 24.1 Å². The standard InChI is InChI=1S/C23H23ClFN7/c24-18-2-1-3-19(25)17(18)12-28-15-6-4-14(5-7-15)21-20-22(26)29-13-30-23(20)32(31-21)16-8-10-27-11-9-16/h1-7,13,16,27-28H,8-12H2,(H2,26,29,30). The van der Waals surface area contributed by atoms with Crippen LogP contribution < -0.4 is 16.4 Å². The van der Waals surface area contributed by atoms with Gasteiger partial charge in [0, 0.05) is 28.4 Å². The summed E-state index contributed by atoms with van der Waals surface area (Å²) < 4.78 is 16.0. The molecule has 5 rings (SSSR count). The van der Waals surface area contributed by atoms with Gasteiger partial charge in [-0.25, -0.2) is 19.0 Å². The largest absolute Gasteiger partial charge is 0.383 e. The highest BCUT2D eigenvalue weighted by atomic mass is 35.5. The van der Waals surface area contributed by atoms with Crippen LogP contribution in [0.15, 0.2) is 48.8 Å². The van der Waals surface area contributed by atoms with Crippen LogP contribution in [0.25, 0.3) is 22.3 Å². The minimum atomic E-state index is -0.327. The fourth-order valence-electron chi connectivity index (χ4n) is 4.14. The van der Waals surface area contributed by atoms with Gasteiger partial charge in [0.2, 0.25) is 0 Å². The molecule has 9 heteroatoms. The molecule has 1 saturated heterocycles. The minimum absolute atomic E-state index is 0.272. The van der Waals surface area contributed by atoms with Gasteiger partial charge in [-0.05, 0) is 50.2 Å². The van der Waals surface area contributed by atoms with Crippen LogP contribution in [0.4, 0.5) is 15.9 Å². The van der Waals surface area contributed by atoms with Crippen LogP contribution in [0.5, 0.6) is 0 Å². The molecule has 0 bridgehead atoms. The molecule has 2 aromatic heterocycles.